The number of hydrogen-bond acceptors (Lipinski definition) is 6. The van der Waals surface area contributed by atoms with Crippen molar-refractivity contribution in [1.29, 1.82) is 0 Å². The Labute approximate surface area is 131 Å². The maximum Gasteiger partial charge on any atom is 0.330 e. The molecule has 1 saturated heterocycles. The smallest absolute Gasteiger partial charge is 0.330 e. The highest BCUT2D eigenvalue weighted by Crippen LogP contribution is 2.24. The van der Waals surface area contributed by atoms with E-state index in [0.717, 1.165) is 6.54 Å². The van der Waals surface area contributed by atoms with Gasteiger partial charge >= 0.3 is 5.97 Å². The molecule has 2 heterocycles. The van der Waals surface area contributed by atoms with Crippen molar-refractivity contribution >= 4 is 27.6 Å². The van der Waals surface area contributed by atoms with Crippen LogP contribution in [0.2, 0.25) is 0 Å². The zero-order valence-electron chi connectivity index (χ0n) is 12.1. The predicted molar refractivity (Wildman–Crippen MR) is 82.5 cm³/mol. The van der Waals surface area contributed by atoms with Gasteiger partial charge in [-0.05, 0) is 29.8 Å². The van der Waals surface area contributed by atoms with E-state index in [4.69, 9.17) is 4.74 Å². The zero-order chi connectivity index (χ0) is 15.4. The van der Waals surface area contributed by atoms with E-state index in [-0.39, 0.29) is 11.5 Å². The molecule has 7 nitrogen and oxygen atoms in total. The van der Waals surface area contributed by atoms with Crippen molar-refractivity contribution in [3.63, 3.8) is 0 Å². The van der Waals surface area contributed by atoms with Crippen LogP contribution in [-0.2, 0) is 16.1 Å². The minimum absolute atomic E-state index is 0.198. The molecule has 116 valence electrons. The molecule has 0 saturated carbocycles. The van der Waals surface area contributed by atoms with E-state index in [1.54, 1.807) is 13.1 Å². The molecule has 0 aromatic carbocycles. The van der Waals surface area contributed by atoms with E-state index in [1.165, 1.54) is 4.68 Å². The van der Waals surface area contributed by atoms with E-state index in [2.05, 4.69) is 26.3 Å². The van der Waals surface area contributed by atoms with Crippen molar-refractivity contribution in [2.75, 3.05) is 31.1 Å². The second-order valence-electron chi connectivity index (χ2n) is 4.63. The third kappa shape index (κ3) is 3.26. The Morgan fingerprint density at radius 2 is 2.33 bits per heavy atom. The first kappa shape index (κ1) is 16.0. The maximum absolute atomic E-state index is 12.2. The van der Waals surface area contributed by atoms with Crippen molar-refractivity contribution < 1.29 is 9.53 Å². The number of nitrogens with zero attached hydrogens (tertiary/aromatic N) is 3. The molecule has 21 heavy (non-hydrogen) atoms. The van der Waals surface area contributed by atoms with Gasteiger partial charge in [0.2, 0.25) is 0 Å². The van der Waals surface area contributed by atoms with Crippen LogP contribution in [0, 0.1) is 0 Å². The summed E-state index contributed by atoms with van der Waals surface area (Å²) in [5.41, 5.74) is 0.431. The molecule has 0 aliphatic carbocycles. The van der Waals surface area contributed by atoms with Crippen molar-refractivity contribution in [3.05, 3.63) is 21.0 Å². The molecule has 1 N–H and O–H groups in total. The van der Waals surface area contributed by atoms with Gasteiger partial charge in [-0.25, -0.2) is 9.48 Å². The fourth-order valence-electron chi connectivity index (χ4n) is 2.32. The van der Waals surface area contributed by atoms with Crippen LogP contribution in [0.4, 0.5) is 5.69 Å². The van der Waals surface area contributed by atoms with Crippen LogP contribution in [-0.4, -0.2) is 48.0 Å². The van der Waals surface area contributed by atoms with Crippen LogP contribution in [0.5, 0.6) is 0 Å². The molecule has 0 radical (unpaired) electrons. The molecule has 1 fully saturated rings. The van der Waals surface area contributed by atoms with Gasteiger partial charge in [0.25, 0.3) is 5.56 Å². The van der Waals surface area contributed by atoms with E-state index in [1.807, 2.05) is 11.8 Å². The summed E-state index contributed by atoms with van der Waals surface area (Å²) in [5, 5.41) is 7.30. The lowest BCUT2D eigenvalue weighted by atomic mass is 10.1. The summed E-state index contributed by atoms with van der Waals surface area (Å²) in [6.07, 6.45) is 1.62. The third-order valence-corrected chi connectivity index (χ3v) is 4.12. The Morgan fingerprint density at radius 3 is 3.00 bits per heavy atom. The normalized spacial score (nSPS) is 18.6. The molecule has 1 aliphatic heterocycles. The molecular weight excluding hydrogens is 340 g/mol. The first-order chi connectivity index (χ1) is 10.1. The van der Waals surface area contributed by atoms with Gasteiger partial charge in [0.15, 0.2) is 0 Å². The van der Waals surface area contributed by atoms with Crippen molar-refractivity contribution in [2.45, 2.75) is 26.4 Å². The quantitative estimate of drug-likeness (QED) is 0.783. The van der Waals surface area contributed by atoms with E-state index >= 15 is 0 Å². The number of aryl methyl sites for hydroxylation is 1. The highest BCUT2D eigenvalue weighted by atomic mass is 79.9. The van der Waals surface area contributed by atoms with Crippen LogP contribution in [0.25, 0.3) is 0 Å². The van der Waals surface area contributed by atoms with Gasteiger partial charge in [0, 0.05) is 26.2 Å². The number of aromatic nitrogens is 2. The minimum atomic E-state index is -0.450. The number of nitrogens with one attached hydrogen (secondary N) is 1. The Balaban J connectivity index is 2.36. The Bertz CT molecular complexity index is 575. The number of halogens is 1. The molecule has 1 aliphatic rings. The summed E-state index contributed by atoms with van der Waals surface area (Å²) in [5.74, 6) is -0.295. The van der Waals surface area contributed by atoms with Crippen LogP contribution in [0.15, 0.2) is 15.5 Å². The first-order valence-electron chi connectivity index (χ1n) is 6.99. The summed E-state index contributed by atoms with van der Waals surface area (Å²) in [4.78, 5) is 26.1. The molecule has 1 atom stereocenters. The van der Waals surface area contributed by atoms with Gasteiger partial charge in [-0.15, -0.1) is 0 Å². The fourth-order valence-corrected chi connectivity index (χ4v) is 2.86. The summed E-state index contributed by atoms with van der Waals surface area (Å²) in [6, 6.07) is -0.450. The van der Waals surface area contributed by atoms with Gasteiger partial charge in [-0.1, -0.05) is 0 Å². The topological polar surface area (TPSA) is 76.5 Å². The SMILES string of the molecule is CCOC(=O)C1CNCCN1c1cnn(CC)c(=O)c1Br. The minimum Gasteiger partial charge on any atom is -0.464 e. The van der Waals surface area contributed by atoms with Crippen molar-refractivity contribution in [3.8, 4) is 0 Å². The van der Waals surface area contributed by atoms with Gasteiger partial charge in [-0.2, -0.15) is 5.10 Å². The van der Waals surface area contributed by atoms with Gasteiger partial charge in [-0.3, -0.25) is 4.79 Å². The van der Waals surface area contributed by atoms with E-state index < -0.39 is 6.04 Å². The first-order valence-corrected chi connectivity index (χ1v) is 7.79. The van der Waals surface area contributed by atoms with E-state index in [0.29, 0.717) is 36.4 Å². The van der Waals surface area contributed by atoms with Crippen LogP contribution in [0.3, 0.4) is 0 Å². The lowest BCUT2D eigenvalue weighted by Gasteiger charge is -2.36. The zero-order valence-corrected chi connectivity index (χ0v) is 13.7. The number of rotatable bonds is 4. The number of ether oxygens (including phenoxy) is 1. The molecular formula is C13H19BrN4O3. The van der Waals surface area contributed by atoms with Gasteiger partial charge in [0.05, 0.1) is 18.5 Å². The third-order valence-electron chi connectivity index (χ3n) is 3.38. The second kappa shape index (κ2) is 7.04. The molecule has 1 aromatic rings. The largest absolute Gasteiger partial charge is 0.464 e. The molecule has 1 unspecified atom stereocenters. The van der Waals surface area contributed by atoms with E-state index in [9.17, 15) is 9.59 Å². The Morgan fingerprint density at radius 1 is 1.57 bits per heavy atom. The number of anilines is 1. The summed E-state index contributed by atoms with van der Waals surface area (Å²) < 4.78 is 6.91. The number of piperazine rings is 1. The summed E-state index contributed by atoms with van der Waals surface area (Å²) in [6.45, 7) is 6.30. The molecule has 2 rings (SSSR count). The lowest BCUT2D eigenvalue weighted by Crippen LogP contribution is -2.56. The maximum atomic E-state index is 12.2. The van der Waals surface area contributed by atoms with Gasteiger partial charge < -0.3 is 15.0 Å². The molecule has 0 bridgehead atoms. The molecule has 0 amide bonds. The standard InChI is InChI=1S/C13H19BrN4O3/c1-3-18-12(19)11(14)9(8-16-18)17-6-5-15-7-10(17)13(20)21-4-2/h8,10,15H,3-7H2,1-2H3. The molecule has 0 spiro atoms. The predicted octanol–water partition coefficient (Wildman–Crippen LogP) is 0.367. The Kier molecular flexibility index (Phi) is 5.35. The number of esters is 1. The lowest BCUT2D eigenvalue weighted by molar-refractivity contribution is -0.144. The fraction of sp³-hybridized carbons (Fsp3) is 0.615. The average Bonchev–Trinajstić information content (AvgIpc) is 2.50. The molecule has 1 aromatic heterocycles. The summed E-state index contributed by atoms with van der Waals surface area (Å²) >= 11 is 3.34. The monoisotopic (exact) mass is 358 g/mol. The number of carbonyl (C=O) groups is 1. The van der Waals surface area contributed by atoms with Gasteiger partial charge in [0.1, 0.15) is 10.5 Å². The summed E-state index contributed by atoms with van der Waals surface area (Å²) in [7, 11) is 0. The highest BCUT2D eigenvalue weighted by molar-refractivity contribution is 9.10. The van der Waals surface area contributed by atoms with Crippen molar-refractivity contribution in [1.82, 2.24) is 15.1 Å². The average molecular weight is 359 g/mol. The molecule has 8 heteroatoms. The Hall–Kier alpha value is -1.41. The van der Waals surface area contributed by atoms with Crippen LogP contribution in [0.1, 0.15) is 13.8 Å². The van der Waals surface area contributed by atoms with Crippen LogP contribution < -0.4 is 15.8 Å². The number of hydrogen-bond donors (Lipinski definition) is 1. The second-order valence-corrected chi connectivity index (χ2v) is 5.42. The number of carbonyl (C=O) groups excluding carboxylic acids is 1. The van der Waals surface area contributed by atoms with Crippen LogP contribution >= 0.6 is 15.9 Å². The highest BCUT2D eigenvalue weighted by Gasteiger charge is 2.31. The van der Waals surface area contributed by atoms with Crippen molar-refractivity contribution in [2.24, 2.45) is 0 Å².